The molecule has 0 aromatic carbocycles. The van der Waals surface area contributed by atoms with E-state index in [-0.39, 0.29) is 0 Å². The fourth-order valence-corrected chi connectivity index (χ4v) is 2.52. The van der Waals surface area contributed by atoms with Crippen LogP contribution in [-0.4, -0.2) is 31.3 Å². The van der Waals surface area contributed by atoms with Gasteiger partial charge in [-0.25, -0.2) is 0 Å². The van der Waals surface area contributed by atoms with E-state index < -0.39 is 0 Å². The Labute approximate surface area is 115 Å². The highest BCUT2D eigenvalue weighted by atomic mass is 16.5. The van der Waals surface area contributed by atoms with Crippen molar-refractivity contribution in [3.05, 3.63) is 24.0 Å². The van der Waals surface area contributed by atoms with E-state index in [4.69, 9.17) is 9.47 Å². The standard InChI is InChI=1S/C15H24N2O2/c1-3-6-17-15(12-5-7-18-11-12)13-8-14(19-4-2)10-16-9-13/h8-10,12,15,17H,3-7,11H2,1-2H3. The molecule has 1 saturated heterocycles. The Hall–Kier alpha value is -1.13. The highest BCUT2D eigenvalue weighted by Gasteiger charge is 2.27. The first-order valence-corrected chi connectivity index (χ1v) is 7.24. The minimum absolute atomic E-state index is 0.315. The van der Waals surface area contributed by atoms with Crippen LogP contribution in [0.15, 0.2) is 18.5 Å². The summed E-state index contributed by atoms with van der Waals surface area (Å²) in [7, 11) is 0. The fourth-order valence-electron chi connectivity index (χ4n) is 2.52. The molecule has 1 aliphatic rings. The van der Waals surface area contributed by atoms with E-state index in [0.29, 0.717) is 18.6 Å². The number of ether oxygens (including phenoxy) is 2. The summed E-state index contributed by atoms with van der Waals surface area (Å²) in [5.74, 6) is 1.38. The van der Waals surface area contributed by atoms with Gasteiger partial charge in [-0.1, -0.05) is 6.92 Å². The van der Waals surface area contributed by atoms with Crippen LogP contribution in [0.1, 0.15) is 38.3 Å². The molecule has 1 aromatic rings. The summed E-state index contributed by atoms with van der Waals surface area (Å²) in [6.07, 6.45) is 5.95. The van der Waals surface area contributed by atoms with Crippen molar-refractivity contribution in [2.45, 2.75) is 32.7 Å². The third-order valence-corrected chi connectivity index (χ3v) is 3.45. The van der Waals surface area contributed by atoms with Crippen LogP contribution in [0.4, 0.5) is 0 Å². The van der Waals surface area contributed by atoms with Gasteiger partial charge in [0, 0.05) is 24.8 Å². The van der Waals surface area contributed by atoms with Gasteiger partial charge < -0.3 is 14.8 Å². The molecular weight excluding hydrogens is 240 g/mol. The molecule has 4 nitrogen and oxygen atoms in total. The summed E-state index contributed by atoms with van der Waals surface area (Å²) < 4.78 is 11.1. The van der Waals surface area contributed by atoms with E-state index in [1.165, 1.54) is 5.56 Å². The first-order valence-electron chi connectivity index (χ1n) is 7.24. The Bertz CT molecular complexity index is 378. The minimum atomic E-state index is 0.315. The van der Waals surface area contributed by atoms with Gasteiger partial charge in [-0.2, -0.15) is 0 Å². The second-order valence-corrected chi connectivity index (χ2v) is 4.94. The zero-order valence-electron chi connectivity index (χ0n) is 11.9. The maximum Gasteiger partial charge on any atom is 0.137 e. The molecule has 0 amide bonds. The molecule has 1 aliphatic heterocycles. The molecule has 0 saturated carbocycles. The predicted octanol–water partition coefficient (Wildman–Crippen LogP) is 2.56. The first-order chi connectivity index (χ1) is 9.35. The van der Waals surface area contributed by atoms with E-state index >= 15 is 0 Å². The summed E-state index contributed by atoms with van der Waals surface area (Å²) in [5, 5.41) is 3.62. The molecule has 19 heavy (non-hydrogen) atoms. The van der Waals surface area contributed by atoms with Crippen molar-refractivity contribution in [3.63, 3.8) is 0 Å². The first kappa shape index (κ1) is 14.3. The van der Waals surface area contributed by atoms with Crippen LogP contribution in [0.25, 0.3) is 0 Å². The van der Waals surface area contributed by atoms with E-state index in [1.807, 2.05) is 13.1 Å². The van der Waals surface area contributed by atoms with Crippen LogP contribution >= 0.6 is 0 Å². The van der Waals surface area contributed by atoms with Crippen LogP contribution in [0.3, 0.4) is 0 Å². The lowest BCUT2D eigenvalue weighted by molar-refractivity contribution is 0.176. The van der Waals surface area contributed by atoms with Crippen LogP contribution in [-0.2, 0) is 4.74 Å². The van der Waals surface area contributed by atoms with Crippen molar-refractivity contribution in [3.8, 4) is 5.75 Å². The van der Waals surface area contributed by atoms with Crippen LogP contribution in [0, 0.1) is 5.92 Å². The van der Waals surface area contributed by atoms with Gasteiger partial charge in [0.1, 0.15) is 5.75 Å². The molecule has 0 aliphatic carbocycles. The molecule has 4 heteroatoms. The molecule has 1 aromatic heterocycles. The largest absolute Gasteiger partial charge is 0.492 e. The van der Waals surface area contributed by atoms with Gasteiger partial charge >= 0.3 is 0 Å². The summed E-state index contributed by atoms with van der Waals surface area (Å²) in [4.78, 5) is 4.30. The monoisotopic (exact) mass is 264 g/mol. The highest BCUT2D eigenvalue weighted by molar-refractivity contribution is 5.26. The number of rotatable bonds is 7. The second-order valence-electron chi connectivity index (χ2n) is 4.94. The summed E-state index contributed by atoms with van der Waals surface area (Å²) in [5.41, 5.74) is 1.20. The summed E-state index contributed by atoms with van der Waals surface area (Å²) in [6.45, 7) is 7.56. The van der Waals surface area contributed by atoms with Gasteiger partial charge in [0.2, 0.25) is 0 Å². The number of hydrogen-bond acceptors (Lipinski definition) is 4. The van der Waals surface area contributed by atoms with Gasteiger partial charge in [-0.15, -0.1) is 0 Å². The van der Waals surface area contributed by atoms with E-state index in [2.05, 4.69) is 23.3 Å². The second kappa shape index (κ2) is 7.46. The molecule has 106 valence electrons. The van der Waals surface area contributed by atoms with Crippen molar-refractivity contribution < 1.29 is 9.47 Å². The third-order valence-electron chi connectivity index (χ3n) is 3.45. The topological polar surface area (TPSA) is 43.4 Å². The average Bonchev–Trinajstić information content (AvgIpc) is 2.94. The molecule has 0 bridgehead atoms. The van der Waals surface area contributed by atoms with Gasteiger partial charge in [0.25, 0.3) is 0 Å². The van der Waals surface area contributed by atoms with E-state index in [1.54, 1.807) is 6.20 Å². The van der Waals surface area contributed by atoms with Gasteiger partial charge in [0.15, 0.2) is 0 Å². The Morgan fingerprint density at radius 2 is 2.37 bits per heavy atom. The van der Waals surface area contributed by atoms with Gasteiger partial charge in [-0.05, 0) is 37.9 Å². The zero-order valence-corrected chi connectivity index (χ0v) is 11.9. The van der Waals surface area contributed by atoms with E-state index in [0.717, 1.165) is 38.3 Å². The Morgan fingerprint density at radius 1 is 1.47 bits per heavy atom. The van der Waals surface area contributed by atoms with Gasteiger partial charge in [0.05, 0.1) is 19.4 Å². The predicted molar refractivity (Wildman–Crippen MR) is 75.4 cm³/mol. The molecule has 1 N–H and O–H groups in total. The SMILES string of the molecule is CCCNC(c1cncc(OCC)c1)C1CCOC1. The lowest BCUT2D eigenvalue weighted by Crippen LogP contribution is -2.29. The zero-order chi connectivity index (χ0) is 13.5. The lowest BCUT2D eigenvalue weighted by atomic mass is 9.93. The Morgan fingerprint density at radius 3 is 3.05 bits per heavy atom. The lowest BCUT2D eigenvalue weighted by Gasteiger charge is -2.24. The fraction of sp³-hybridized carbons (Fsp3) is 0.667. The molecule has 2 unspecified atom stereocenters. The van der Waals surface area contributed by atoms with Crippen molar-refractivity contribution in [1.29, 1.82) is 0 Å². The molecule has 2 rings (SSSR count). The maximum atomic E-state index is 5.54. The molecule has 0 radical (unpaired) electrons. The van der Waals surface area contributed by atoms with Crippen molar-refractivity contribution >= 4 is 0 Å². The minimum Gasteiger partial charge on any atom is -0.492 e. The Balaban J connectivity index is 2.13. The normalized spacial score (nSPS) is 20.4. The van der Waals surface area contributed by atoms with Crippen molar-refractivity contribution in [1.82, 2.24) is 10.3 Å². The van der Waals surface area contributed by atoms with Crippen molar-refractivity contribution in [2.24, 2.45) is 5.92 Å². The smallest absolute Gasteiger partial charge is 0.137 e. The molecule has 2 heterocycles. The highest BCUT2D eigenvalue weighted by Crippen LogP contribution is 2.30. The third kappa shape index (κ3) is 3.91. The van der Waals surface area contributed by atoms with Crippen LogP contribution in [0.2, 0.25) is 0 Å². The summed E-state index contributed by atoms with van der Waals surface area (Å²) in [6, 6.07) is 2.41. The van der Waals surface area contributed by atoms with Crippen molar-refractivity contribution in [2.75, 3.05) is 26.4 Å². The average molecular weight is 264 g/mol. The number of pyridine rings is 1. The van der Waals surface area contributed by atoms with Gasteiger partial charge in [-0.3, -0.25) is 4.98 Å². The number of hydrogen-bond donors (Lipinski definition) is 1. The molecule has 1 fully saturated rings. The summed E-state index contributed by atoms with van der Waals surface area (Å²) >= 11 is 0. The van der Waals surface area contributed by atoms with Crippen LogP contribution < -0.4 is 10.1 Å². The number of nitrogens with one attached hydrogen (secondary N) is 1. The number of aromatic nitrogens is 1. The molecular formula is C15H24N2O2. The quantitative estimate of drug-likeness (QED) is 0.822. The maximum absolute atomic E-state index is 5.54. The number of nitrogens with zero attached hydrogens (tertiary/aromatic N) is 1. The van der Waals surface area contributed by atoms with Crippen LogP contribution in [0.5, 0.6) is 5.75 Å². The molecule has 0 spiro atoms. The molecule has 2 atom stereocenters. The van der Waals surface area contributed by atoms with E-state index in [9.17, 15) is 0 Å². The Kier molecular flexibility index (Phi) is 5.61.